The first-order chi connectivity index (χ1) is 10.6. The van der Waals surface area contributed by atoms with E-state index in [4.69, 9.17) is 9.47 Å². The fourth-order valence-electron chi connectivity index (χ4n) is 3.38. The number of hydrogen-bond acceptors (Lipinski definition) is 3. The molecule has 0 amide bonds. The molecule has 116 valence electrons. The minimum atomic E-state index is -1.41. The zero-order chi connectivity index (χ0) is 15.8. The predicted octanol–water partition coefficient (Wildman–Crippen LogP) is 3.93. The third kappa shape index (κ3) is 2.04. The van der Waals surface area contributed by atoms with E-state index in [1.54, 1.807) is 7.11 Å². The van der Waals surface area contributed by atoms with E-state index < -0.39 is 11.4 Å². The van der Waals surface area contributed by atoms with Crippen molar-refractivity contribution >= 4 is 0 Å². The molecule has 1 heterocycles. The molecule has 2 aromatic carbocycles. The van der Waals surface area contributed by atoms with Crippen LogP contribution in [0.15, 0.2) is 48.5 Å². The minimum Gasteiger partial charge on any atom is -0.497 e. The van der Waals surface area contributed by atoms with Crippen LogP contribution in [0.5, 0.6) is 5.75 Å². The summed E-state index contributed by atoms with van der Waals surface area (Å²) in [5.41, 5.74) is 2.21. The number of fused-ring (bicyclic) bond motifs is 1. The molecule has 3 heteroatoms. The summed E-state index contributed by atoms with van der Waals surface area (Å²) in [5, 5.41) is 11.3. The van der Waals surface area contributed by atoms with Gasteiger partial charge in [0.1, 0.15) is 5.75 Å². The van der Waals surface area contributed by atoms with E-state index in [1.165, 1.54) is 0 Å². The van der Waals surface area contributed by atoms with E-state index in [2.05, 4.69) is 19.9 Å². The number of ether oxygens (including phenoxy) is 2. The molecule has 1 aliphatic rings. The van der Waals surface area contributed by atoms with Crippen LogP contribution in [0, 0.1) is 0 Å². The van der Waals surface area contributed by atoms with Gasteiger partial charge in [-0.05, 0) is 42.7 Å². The van der Waals surface area contributed by atoms with Crippen molar-refractivity contribution in [1.82, 2.24) is 0 Å². The summed E-state index contributed by atoms with van der Waals surface area (Å²) in [6.45, 7) is 4.19. The molecule has 0 saturated heterocycles. The number of benzene rings is 2. The molecular weight excluding hydrogens is 276 g/mol. The smallest absolute Gasteiger partial charge is 0.221 e. The SMILES string of the molecule is CCC1(CC)OC(O)(c2ccc(OC)cc2)c2ccccc21. The third-order valence-electron chi connectivity index (χ3n) is 4.75. The Morgan fingerprint density at radius 1 is 0.955 bits per heavy atom. The van der Waals surface area contributed by atoms with Crippen molar-refractivity contribution in [3.63, 3.8) is 0 Å². The summed E-state index contributed by atoms with van der Waals surface area (Å²) < 4.78 is 11.5. The van der Waals surface area contributed by atoms with Gasteiger partial charge in [0.25, 0.3) is 0 Å². The minimum absolute atomic E-state index is 0.439. The first-order valence-corrected chi connectivity index (χ1v) is 7.76. The quantitative estimate of drug-likeness (QED) is 0.929. The maximum atomic E-state index is 11.3. The second-order valence-corrected chi connectivity index (χ2v) is 5.72. The van der Waals surface area contributed by atoms with Crippen LogP contribution in [0.1, 0.15) is 43.4 Å². The fraction of sp³-hybridized carbons (Fsp3) is 0.368. The van der Waals surface area contributed by atoms with Crippen molar-refractivity contribution < 1.29 is 14.6 Å². The molecule has 0 saturated carbocycles. The normalized spacial score (nSPS) is 22.4. The van der Waals surface area contributed by atoms with E-state index in [0.717, 1.165) is 35.3 Å². The van der Waals surface area contributed by atoms with Crippen LogP contribution >= 0.6 is 0 Å². The highest BCUT2D eigenvalue weighted by molar-refractivity contribution is 5.46. The van der Waals surface area contributed by atoms with E-state index in [9.17, 15) is 5.11 Å². The summed E-state index contributed by atoms with van der Waals surface area (Å²) in [6, 6.07) is 15.4. The van der Waals surface area contributed by atoms with E-state index in [1.807, 2.05) is 42.5 Å². The Balaban J connectivity index is 2.14. The van der Waals surface area contributed by atoms with Gasteiger partial charge < -0.3 is 14.6 Å². The van der Waals surface area contributed by atoms with E-state index in [-0.39, 0.29) is 0 Å². The molecule has 2 aromatic rings. The van der Waals surface area contributed by atoms with Crippen molar-refractivity contribution in [3.8, 4) is 5.75 Å². The lowest BCUT2D eigenvalue weighted by Crippen LogP contribution is -2.32. The highest BCUT2D eigenvalue weighted by Crippen LogP contribution is 2.52. The fourth-order valence-corrected chi connectivity index (χ4v) is 3.38. The highest BCUT2D eigenvalue weighted by atomic mass is 16.6. The lowest BCUT2D eigenvalue weighted by Gasteiger charge is -2.31. The highest BCUT2D eigenvalue weighted by Gasteiger charge is 2.51. The summed E-state index contributed by atoms with van der Waals surface area (Å²) in [4.78, 5) is 0. The summed E-state index contributed by atoms with van der Waals surface area (Å²) in [7, 11) is 1.63. The summed E-state index contributed by atoms with van der Waals surface area (Å²) >= 11 is 0. The molecule has 1 aliphatic heterocycles. The largest absolute Gasteiger partial charge is 0.497 e. The number of methoxy groups -OCH3 is 1. The van der Waals surface area contributed by atoms with Gasteiger partial charge in [-0.2, -0.15) is 0 Å². The van der Waals surface area contributed by atoms with Gasteiger partial charge in [0, 0.05) is 11.1 Å². The Kier molecular flexibility index (Phi) is 3.71. The molecule has 3 nitrogen and oxygen atoms in total. The van der Waals surface area contributed by atoms with Crippen LogP contribution in [-0.4, -0.2) is 12.2 Å². The Morgan fingerprint density at radius 3 is 2.09 bits per heavy atom. The average molecular weight is 298 g/mol. The Labute approximate surface area is 131 Å². The van der Waals surface area contributed by atoms with Crippen molar-refractivity contribution in [1.29, 1.82) is 0 Å². The maximum Gasteiger partial charge on any atom is 0.221 e. The van der Waals surface area contributed by atoms with Crippen LogP contribution in [-0.2, 0) is 16.1 Å². The maximum absolute atomic E-state index is 11.3. The lowest BCUT2D eigenvalue weighted by atomic mass is 9.86. The van der Waals surface area contributed by atoms with Gasteiger partial charge in [0.05, 0.1) is 12.7 Å². The Morgan fingerprint density at radius 2 is 1.55 bits per heavy atom. The van der Waals surface area contributed by atoms with Gasteiger partial charge in [-0.25, -0.2) is 0 Å². The first-order valence-electron chi connectivity index (χ1n) is 7.76. The molecule has 1 N–H and O–H groups in total. The monoisotopic (exact) mass is 298 g/mol. The standard InChI is InChI=1S/C19H22O3/c1-4-18(5-2)16-8-6-7-9-17(16)19(20,22-18)14-10-12-15(21-3)13-11-14/h6-13,20H,4-5H2,1-3H3. The third-order valence-corrected chi connectivity index (χ3v) is 4.75. The lowest BCUT2D eigenvalue weighted by molar-refractivity contribution is -0.235. The Hall–Kier alpha value is -1.84. The van der Waals surface area contributed by atoms with Crippen molar-refractivity contribution in [3.05, 3.63) is 65.2 Å². The molecule has 0 aliphatic carbocycles. The second kappa shape index (κ2) is 5.41. The summed E-state index contributed by atoms with van der Waals surface area (Å²) in [6.07, 6.45) is 1.64. The molecule has 3 rings (SSSR count). The van der Waals surface area contributed by atoms with Crippen LogP contribution < -0.4 is 4.74 Å². The van der Waals surface area contributed by atoms with E-state index in [0.29, 0.717) is 0 Å². The average Bonchev–Trinajstić information content (AvgIpc) is 2.86. The van der Waals surface area contributed by atoms with Crippen molar-refractivity contribution in [2.45, 2.75) is 38.1 Å². The molecule has 0 radical (unpaired) electrons. The van der Waals surface area contributed by atoms with Crippen LogP contribution in [0.3, 0.4) is 0 Å². The Bertz CT molecular complexity index is 659. The molecule has 0 aromatic heterocycles. The second-order valence-electron chi connectivity index (χ2n) is 5.72. The van der Waals surface area contributed by atoms with Crippen LogP contribution in [0.4, 0.5) is 0 Å². The van der Waals surface area contributed by atoms with Crippen molar-refractivity contribution in [2.24, 2.45) is 0 Å². The van der Waals surface area contributed by atoms with Gasteiger partial charge in [-0.1, -0.05) is 38.1 Å². The van der Waals surface area contributed by atoms with Gasteiger partial charge in [0.2, 0.25) is 5.79 Å². The zero-order valence-electron chi connectivity index (χ0n) is 13.3. The van der Waals surface area contributed by atoms with Crippen LogP contribution in [0.2, 0.25) is 0 Å². The molecule has 22 heavy (non-hydrogen) atoms. The molecular formula is C19H22O3. The van der Waals surface area contributed by atoms with Crippen molar-refractivity contribution in [2.75, 3.05) is 7.11 Å². The topological polar surface area (TPSA) is 38.7 Å². The number of rotatable bonds is 4. The molecule has 0 spiro atoms. The molecule has 0 fully saturated rings. The first kappa shape index (κ1) is 15.1. The number of aliphatic hydroxyl groups is 1. The van der Waals surface area contributed by atoms with Gasteiger partial charge in [0.15, 0.2) is 0 Å². The zero-order valence-corrected chi connectivity index (χ0v) is 13.3. The number of hydrogen-bond donors (Lipinski definition) is 1. The van der Waals surface area contributed by atoms with Gasteiger partial charge >= 0.3 is 0 Å². The van der Waals surface area contributed by atoms with Crippen LogP contribution in [0.25, 0.3) is 0 Å². The van der Waals surface area contributed by atoms with Gasteiger partial charge in [-0.3, -0.25) is 0 Å². The molecule has 1 unspecified atom stereocenters. The van der Waals surface area contributed by atoms with Gasteiger partial charge in [-0.15, -0.1) is 0 Å². The molecule has 1 atom stereocenters. The predicted molar refractivity (Wildman–Crippen MR) is 85.8 cm³/mol. The summed E-state index contributed by atoms with van der Waals surface area (Å²) in [5.74, 6) is -0.648. The molecule has 0 bridgehead atoms. The van der Waals surface area contributed by atoms with E-state index >= 15 is 0 Å².